The fraction of sp³-hybridized carbons (Fsp3) is 1.00. The van der Waals surface area contributed by atoms with Crippen LogP contribution in [-0.2, 0) is 0 Å². The third kappa shape index (κ3) is 3.97. The van der Waals surface area contributed by atoms with Crippen LogP contribution in [0.5, 0.6) is 0 Å². The number of aliphatic hydroxyl groups excluding tert-OH is 2. The summed E-state index contributed by atoms with van der Waals surface area (Å²) in [6, 6.07) is 0. The molecule has 1 unspecified atom stereocenters. The molecule has 8 heavy (non-hydrogen) atoms. The largest absolute Gasteiger partial charge is 0.412 e. The second kappa shape index (κ2) is 4.95. The molecule has 0 radical (unpaired) electrons. The first-order valence-electron chi connectivity index (χ1n) is 1.90. The number of aliphatic hydroxyl groups is 3. The van der Waals surface area contributed by atoms with Crippen molar-refractivity contribution in [2.75, 3.05) is 7.05 Å². The molecular formula is C3H11NO4. The van der Waals surface area contributed by atoms with Crippen LogP contribution in [0.15, 0.2) is 0 Å². The zero-order valence-electron chi connectivity index (χ0n) is 4.50. The molecule has 0 aliphatic heterocycles. The lowest BCUT2D eigenvalue weighted by Crippen LogP contribution is -2.36. The molecule has 52 valence electrons. The van der Waals surface area contributed by atoms with Gasteiger partial charge in [0.1, 0.15) is 0 Å². The maximum absolute atomic E-state index is 8.32. The minimum Gasteiger partial charge on any atom is -0.412 e. The molecule has 6 N–H and O–H groups in total. The summed E-state index contributed by atoms with van der Waals surface area (Å²) in [6.45, 7) is 0. The first-order valence-corrected chi connectivity index (χ1v) is 1.90. The predicted molar refractivity (Wildman–Crippen MR) is 26.9 cm³/mol. The van der Waals surface area contributed by atoms with Crippen LogP contribution in [0, 0.1) is 0 Å². The minimum absolute atomic E-state index is 0. The van der Waals surface area contributed by atoms with E-state index in [1.807, 2.05) is 0 Å². The summed E-state index contributed by atoms with van der Waals surface area (Å²) < 4.78 is 0. The smallest absolute Gasteiger partial charge is 0.192 e. The average molecular weight is 125 g/mol. The Balaban J connectivity index is 0. The molecule has 0 saturated carbocycles. The Morgan fingerprint density at radius 3 is 1.62 bits per heavy atom. The van der Waals surface area contributed by atoms with Gasteiger partial charge in [0.2, 0.25) is 0 Å². The normalized spacial score (nSPS) is 13.1. The predicted octanol–water partition coefficient (Wildman–Crippen LogP) is -2.99. The molecule has 0 rings (SSSR count). The average Bonchev–Trinajstić information content (AvgIpc) is 1.65. The van der Waals surface area contributed by atoms with Crippen molar-refractivity contribution in [2.45, 2.75) is 12.5 Å². The van der Waals surface area contributed by atoms with Crippen molar-refractivity contribution in [3.63, 3.8) is 0 Å². The highest BCUT2D eigenvalue weighted by Gasteiger charge is 2.06. The third-order valence-corrected chi connectivity index (χ3v) is 0.578. The highest BCUT2D eigenvalue weighted by molar-refractivity contribution is 4.45. The molecule has 0 saturated heterocycles. The molecule has 0 heterocycles. The molecule has 0 aromatic carbocycles. The maximum Gasteiger partial charge on any atom is 0.192 e. The van der Waals surface area contributed by atoms with Crippen molar-refractivity contribution in [3.05, 3.63) is 0 Å². The van der Waals surface area contributed by atoms with Crippen LogP contribution >= 0.6 is 0 Å². The van der Waals surface area contributed by atoms with Gasteiger partial charge in [-0.2, -0.15) is 0 Å². The van der Waals surface area contributed by atoms with Gasteiger partial charge in [0.05, 0.1) is 0 Å². The molecule has 5 nitrogen and oxygen atoms in total. The molecule has 0 bridgehead atoms. The molecule has 0 amide bonds. The second-order valence-corrected chi connectivity index (χ2v) is 1.15. The number of hydrogen-bond donors (Lipinski definition) is 4. The molecule has 0 aliphatic rings. The van der Waals surface area contributed by atoms with E-state index in [1.165, 1.54) is 7.05 Å². The quantitative estimate of drug-likeness (QED) is 0.295. The number of hydrogen-bond acceptors (Lipinski definition) is 4. The Bertz CT molecular complexity index is 48.5. The van der Waals surface area contributed by atoms with E-state index >= 15 is 0 Å². The first-order chi connectivity index (χ1) is 3.18. The lowest BCUT2D eigenvalue weighted by atomic mass is 10.6. The van der Waals surface area contributed by atoms with E-state index in [0.717, 1.165) is 0 Å². The Morgan fingerprint density at radius 2 is 1.62 bits per heavy atom. The molecule has 0 aliphatic carbocycles. The van der Waals surface area contributed by atoms with Gasteiger partial charge in [-0.25, -0.2) is 0 Å². The summed E-state index contributed by atoms with van der Waals surface area (Å²) in [5.41, 5.74) is 0. The van der Waals surface area contributed by atoms with E-state index in [-0.39, 0.29) is 5.48 Å². The van der Waals surface area contributed by atoms with Gasteiger partial charge in [0.25, 0.3) is 0 Å². The van der Waals surface area contributed by atoms with Crippen molar-refractivity contribution < 1.29 is 20.8 Å². The first kappa shape index (κ1) is 10.7. The van der Waals surface area contributed by atoms with E-state index in [2.05, 4.69) is 5.32 Å². The summed E-state index contributed by atoms with van der Waals surface area (Å²) in [7, 11) is 1.42. The van der Waals surface area contributed by atoms with Gasteiger partial charge in [0, 0.05) is 0 Å². The van der Waals surface area contributed by atoms with Gasteiger partial charge >= 0.3 is 0 Å². The number of likely N-dealkylation sites (N-methyl/N-ethyl adjacent to an activating group) is 1. The van der Waals surface area contributed by atoms with E-state index in [1.54, 1.807) is 0 Å². The minimum atomic E-state index is -1.69. The van der Waals surface area contributed by atoms with Crippen LogP contribution in [0.2, 0.25) is 0 Å². The number of rotatable bonds is 2. The van der Waals surface area contributed by atoms with Crippen LogP contribution in [0.1, 0.15) is 0 Å². The summed E-state index contributed by atoms with van der Waals surface area (Å²) in [5.74, 6) is 0. The van der Waals surface area contributed by atoms with E-state index in [9.17, 15) is 0 Å². The highest BCUT2D eigenvalue weighted by Crippen LogP contribution is 1.78. The summed E-state index contributed by atoms with van der Waals surface area (Å²) in [5, 5.41) is 26.7. The Morgan fingerprint density at radius 1 is 1.25 bits per heavy atom. The van der Waals surface area contributed by atoms with E-state index in [0.29, 0.717) is 0 Å². The molecule has 0 spiro atoms. The molecular weight excluding hydrogens is 114 g/mol. The highest BCUT2D eigenvalue weighted by atomic mass is 16.5. The van der Waals surface area contributed by atoms with Gasteiger partial charge in [-0.15, -0.1) is 0 Å². The molecule has 0 aromatic heterocycles. The standard InChI is InChI=1S/C3H9NO3.H2O/c1-4-2(5)3(6)7;/h2-7H,1H3;1H2. The van der Waals surface area contributed by atoms with E-state index in [4.69, 9.17) is 15.3 Å². The Kier molecular flexibility index (Phi) is 6.63. The summed E-state index contributed by atoms with van der Waals surface area (Å²) >= 11 is 0. The molecule has 5 heteroatoms. The van der Waals surface area contributed by atoms with Crippen LogP contribution < -0.4 is 5.32 Å². The molecule has 1 atom stereocenters. The van der Waals surface area contributed by atoms with Crippen molar-refractivity contribution in [1.82, 2.24) is 5.32 Å². The monoisotopic (exact) mass is 125 g/mol. The second-order valence-electron chi connectivity index (χ2n) is 1.15. The lowest BCUT2D eigenvalue weighted by molar-refractivity contribution is -0.130. The van der Waals surface area contributed by atoms with Crippen molar-refractivity contribution in [2.24, 2.45) is 0 Å². The van der Waals surface area contributed by atoms with Crippen molar-refractivity contribution in [3.8, 4) is 0 Å². The van der Waals surface area contributed by atoms with Crippen LogP contribution in [0.25, 0.3) is 0 Å². The summed E-state index contributed by atoms with van der Waals surface area (Å²) in [4.78, 5) is 0. The maximum atomic E-state index is 8.32. The fourth-order valence-electron chi connectivity index (χ4n) is 0.149. The van der Waals surface area contributed by atoms with E-state index < -0.39 is 12.5 Å². The zero-order chi connectivity index (χ0) is 5.86. The lowest BCUT2D eigenvalue weighted by Gasteiger charge is -2.09. The molecule has 0 aromatic rings. The third-order valence-electron chi connectivity index (χ3n) is 0.578. The van der Waals surface area contributed by atoms with Gasteiger partial charge in [-0.1, -0.05) is 0 Å². The zero-order valence-corrected chi connectivity index (χ0v) is 4.50. The van der Waals surface area contributed by atoms with Crippen LogP contribution in [0.3, 0.4) is 0 Å². The number of nitrogens with one attached hydrogen (secondary N) is 1. The van der Waals surface area contributed by atoms with Crippen LogP contribution in [0.4, 0.5) is 0 Å². The topological polar surface area (TPSA) is 104 Å². The SMILES string of the molecule is CNC(O)C(O)O.O. The Hall–Kier alpha value is -0.200. The van der Waals surface area contributed by atoms with Crippen molar-refractivity contribution in [1.29, 1.82) is 0 Å². The van der Waals surface area contributed by atoms with Crippen LogP contribution in [-0.4, -0.2) is 40.4 Å². The fourth-order valence-corrected chi connectivity index (χ4v) is 0.149. The van der Waals surface area contributed by atoms with Gasteiger partial charge in [-0.3, -0.25) is 5.32 Å². The van der Waals surface area contributed by atoms with Gasteiger partial charge in [0.15, 0.2) is 12.5 Å². The van der Waals surface area contributed by atoms with Crippen molar-refractivity contribution >= 4 is 0 Å². The Labute approximate surface area is 46.9 Å². The molecule has 0 fully saturated rings. The summed E-state index contributed by atoms with van der Waals surface area (Å²) in [6.07, 6.45) is -2.93. The van der Waals surface area contributed by atoms with Gasteiger partial charge in [-0.05, 0) is 7.05 Å². The van der Waals surface area contributed by atoms with Gasteiger partial charge < -0.3 is 20.8 Å².